The molecule has 0 spiro atoms. The third-order valence-corrected chi connectivity index (χ3v) is 4.47. The predicted molar refractivity (Wildman–Crippen MR) is 64.8 cm³/mol. The van der Waals surface area contributed by atoms with E-state index in [-0.39, 0.29) is 9.52 Å². The molecule has 0 aliphatic carbocycles. The number of methoxy groups -OCH3 is 1. The maximum atomic E-state index is 5.47. The van der Waals surface area contributed by atoms with Crippen molar-refractivity contribution in [2.24, 2.45) is 0 Å². The van der Waals surface area contributed by atoms with Gasteiger partial charge in [0.25, 0.3) is 0 Å². The third kappa shape index (κ3) is 3.90. The van der Waals surface area contributed by atoms with Crippen LogP contribution in [-0.4, -0.2) is 22.4 Å². The van der Waals surface area contributed by atoms with E-state index in [2.05, 4.69) is 36.9 Å². The van der Waals surface area contributed by atoms with E-state index in [1.807, 2.05) is 13.2 Å². The van der Waals surface area contributed by atoms with Crippen molar-refractivity contribution in [3.05, 3.63) is 43.0 Å². The summed E-state index contributed by atoms with van der Waals surface area (Å²) in [7, 11) is 1.52. The molecule has 1 rings (SSSR count). The molecule has 0 saturated heterocycles. The Balaban J connectivity index is 2.44. The molecule has 0 N–H and O–H groups in total. The Morgan fingerprint density at radius 2 is 2.14 bits per heavy atom. The second kappa shape index (κ2) is 6.57. The van der Waals surface area contributed by atoms with Crippen LogP contribution in [-0.2, 0) is 4.74 Å². The van der Waals surface area contributed by atoms with Crippen molar-refractivity contribution in [3.8, 4) is 0 Å². The Bertz CT molecular complexity index is 258. The van der Waals surface area contributed by atoms with Crippen LogP contribution in [0.2, 0.25) is 0 Å². The Morgan fingerprint density at radius 1 is 1.43 bits per heavy atom. The first-order valence-corrected chi connectivity index (χ1v) is 6.56. The molecule has 1 atom stereocenters. The van der Waals surface area contributed by atoms with Crippen LogP contribution in [0.15, 0.2) is 43.0 Å². The van der Waals surface area contributed by atoms with Crippen molar-refractivity contribution >= 4 is 14.7 Å². The number of rotatable bonds is 6. The molecule has 1 unspecified atom stereocenters. The molecule has 0 aliphatic rings. The van der Waals surface area contributed by atoms with Crippen LogP contribution < -0.4 is 5.19 Å². The van der Waals surface area contributed by atoms with Gasteiger partial charge >= 0.3 is 0 Å². The maximum Gasteiger partial charge on any atom is 0.0887 e. The molecule has 0 aromatic heterocycles. The lowest BCUT2D eigenvalue weighted by Gasteiger charge is -2.13. The fourth-order valence-corrected chi connectivity index (χ4v) is 3.16. The normalized spacial score (nSPS) is 13.2. The van der Waals surface area contributed by atoms with Crippen LogP contribution in [0.3, 0.4) is 0 Å². The van der Waals surface area contributed by atoms with Gasteiger partial charge < -0.3 is 4.74 Å². The quantitative estimate of drug-likeness (QED) is 0.505. The van der Waals surface area contributed by atoms with Crippen molar-refractivity contribution in [2.45, 2.75) is 18.6 Å². The average molecular weight is 206 g/mol. The zero-order valence-electron chi connectivity index (χ0n) is 8.78. The Labute approximate surface area is 88.6 Å². The van der Waals surface area contributed by atoms with Crippen molar-refractivity contribution in [1.29, 1.82) is 0 Å². The zero-order chi connectivity index (χ0) is 10.2. The number of hydrogen-bond donors (Lipinski definition) is 0. The molecule has 0 amide bonds. The minimum Gasteiger partial charge on any atom is -0.385 e. The predicted octanol–water partition coefficient (Wildman–Crippen LogP) is 1.42. The van der Waals surface area contributed by atoms with Crippen LogP contribution in [0.5, 0.6) is 0 Å². The molecule has 14 heavy (non-hydrogen) atoms. The molecule has 0 aliphatic heterocycles. The summed E-state index contributed by atoms with van der Waals surface area (Å²) in [6.07, 6.45) is 4.13. The smallest absolute Gasteiger partial charge is 0.0887 e. The van der Waals surface area contributed by atoms with E-state index < -0.39 is 0 Å². The first kappa shape index (κ1) is 11.2. The van der Waals surface area contributed by atoms with Crippen molar-refractivity contribution in [3.63, 3.8) is 0 Å². The summed E-state index contributed by atoms with van der Waals surface area (Å²) in [5.41, 5.74) is 0.454. The van der Waals surface area contributed by atoms with E-state index in [0.717, 1.165) is 12.8 Å². The number of allylic oxidation sites excluding steroid dienone is 1. The highest BCUT2D eigenvalue weighted by Crippen LogP contribution is 2.00. The van der Waals surface area contributed by atoms with Gasteiger partial charge in [0.05, 0.1) is 9.52 Å². The van der Waals surface area contributed by atoms with Crippen molar-refractivity contribution in [1.82, 2.24) is 0 Å². The summed E-state index contributed by atoms with van der Waals surface area (Å²) < 4.78 is 5.47. The average Bonchev–Trinajstić information content (AvgIpc) is 2.25. The fourth-order valence-electron chi connectivity index (χ4n) is 1.48. The Hall–Kier alpha value is -0.863. The van der Waals surface area contributed by atoms with Gasteiger partial charge in [-0.2, -0.15) is 0 Å². The molecule has 0 bridgehead atoms. The maximum absolute atomic E-state index is 5.47. The monoisotopic (exact) mass is 206 g/mol. The summed E-state index contributed by atoms with van der Waals surface area (Å²) in [5, 5.41) is 1.48. The van der Waals surface area contributed by atoms with Crippen LogP contribution in [0, 0.1) is 0 Å². The molecule has 1 nitrogen and oxygen atoms in total. The second-order valence-corrected chi connectivity index (χ2v) is 5.55. The van der Waals surface area contributed by atoms with Crippen LogP contribution >= 0.6 is 0 Å². The van der Waals surface area contributed by atoms with Gasteiger partial charge in [-0.3, -0.25) is 0 Å². The first-order chi connectivity index (χ1) is 6.86. The molecule has 1 aromatic carbocycles. The minimum absolute atomic E-state index is 0.288. The standard InChI is InChI=1S/C12H18OSi/c1-3-4-10-12(13-2)14-11-8-6-5-7-9-11/h3,5-9,12H,1,4,10,14H2,2H3. The third-order valence-electron chi connectivity index (χ3n) is 2.33. The highest BCUT2D eigenvalue weighted by molar-refractivity contribution is 6.54. The lowest BCUT2D eigenvalue weighted by atomic mass is 10.3. The molecule has 2 heteroatoms. The first-order valence-electron chi connectivity index (χ1n) is 5.04. The molecule has 76 valence electrons. The second-order valence-electron chi connectivity index (χ2n) is 3.41. The summed E-state index contributed by atoms with van der Waals surface area (Å²) in [6.45, 7) is 3.73. The minimum atomic E-state index is -0.288. The number of hydrogen-bond acceptors (Lipinski definition) is 1. The molecule has 0 heterocycles. The van der Waals surface area contributed by atoms with Crippen LogP contribution in [0.1, 0.15) is 12.8 Å². The lowest BCUT2D eigenvalue weighted by Crippen LogP contribution is -2.29. The Kier molecular flexibility index (Phi) is 5.26. The highest BCUT2D eigenvalue weighted by Gasteiger charge is 2.07. The van der Waals surface area contributed by atoms with Crippen LogP contribution in [0.4, 0.5) is 0 Å². The van der Waals surface area contributed by atoms with Gasteiger partial charge in [-0.15, -0.1) is 6.58 Å². The molecular weight excluding hydrogens is 188 g/mol. The molecular formula is C12H18OSi. The number of ether oxygens (including phenoxy) is 1. The van der Waals surface area contributed by atoms with Gasteiger partial charge in [0.1, 0.15) is 0 Å². The van der Waals surface area contributed by atoms with Gasteiger partial charge in [0.2, 0.25) is 0 Å². The SMILES string of the molecule is C=CCCC(OC)[SiH2]c1ccccc1. The number of benzene rings is 1. The van der Waals surface area contributed by atoms with E-state index in [1.54, 1.807) is 0 Å². The fraction of sp³-hybridized carbons (Fsp3) is 0.333. The van der Waals surface area contributed by atoms with E-state index in [9.17, 15) is 0 Å². The van der Waals surface area contributed by atoms with Gasteiger partial charge in [-0.1, -0.05) is 41.6 Å². The largest absolute Gasteiger partial charge is 0.385 e. The summed E-state index contributed by atoms with van der Waals surface area (Å²) in [6, 6.07) is 10.7. The molecule has 1 aromatic rings. The van der Waals surface area contributed by atoms with Gasteiger partial charge in [-0.05, 0) is 12.8 Å². The Morgan fingerprint density at radius 3 is 2.71 bits per heavy atom. The van der Waals surface area contributed by atoms with Crippen LogP contribution in [0.25, 0.3) is 0 Å². The lowest BCUT2D eigenvalue weighted by molar-refractivity contribution is 0.158. The molecule has 0 saturated carbocycles. The molecule has 0 radical (unpaired) electrons. The highest BCUT2D eigenvalue weighted by atomic mass is 28.2. The topological polar surface area (TPSA) is 9.23 Å². The van der Waals surface area contributed by atoms with Gasteiger partial charge in [0, 0.05) is 12.8 Å². The molecule has 0 fully saturated rings. The van der Waals surface area contributed by atoms with E-state index >= 15 is 0 Å². The van der Waals surface area contributed by atoms with E-state index in [4.69, 9.17) is 4.74 Å². The summed E-state index contributed by atoms with van der Waals surface area (Å²) >= 11 is 0. The van der Waals surface area contributed by atoms with E-state index in [0.29, 0.717) is 5.73 Å². The zero-order valence-corrected chi connectivity index (χ0v) is 10.2. The summed E-state index contributed by atoms with van der Waals surface area (Å²) in [4.78, 5) is 0. The van der Waals surface area contributed by atoms with Crippen molar-refractivity contribution in [2.75, 3.05) is 7.11 Å². The van der Waals surface area contributed by atoms with Gasteiger partial charge in [-0.25, -0.2) is 0 Å². The van der Waals surface area contributed by atoms with Gasteiger partial charge in [0.15, 0.2) is 0 Å². The van der Waals surface area contributed by atoms with E-state index in [1.165, 1.54) is 5.19 Å². The van der Waals surface area contributed by atoms with Crippen molar-refractivity contribution < 1.29 is 4.74 Å². The summed E-state index contributed by atoms with van der Waals surface area (Å²) in [5.74, 6) is 0.